The van der Waals surface area contributed by atoms with E-state index in [-0.39, 0.29) is 29.4 Å². The summed E-state index contributed by atoms with van der Waals surface area (Å²) in [6.07, 6.45) is 2.99. The molecule has 0 aliphatic rings. The van der Waals surface area contributed by atoms with Gasteiger partial charge in [-0.2, -0.15) is 8.78 Å². The van der Waals surface area contributed by atoms with Crippen molar-refractivity contribution in [2.24, 2.45) is 5.92 Å². The van der Waals surface area contributed by atoms with Crippen LogP contribution in [0.15, 0.2) is 54.6 Å². The molecule has 4 nitrogen and oxygen atoms in total. The molecule has 0 aromatic heterocycles. The summed E-state index contributed by atoms with van der Waals surface area (Å²) in [5.74, 6) is 0.0836. The van der Waals surface area contributed by atoms with Crippen LogP contribution in [0.2, 0.25) is 0 Å². The number of carbonyl (C=O) groups excluding carboxylic acids is 1. The van der Waals surface area contributed by atoms with Crippen LogP contribution in [-0.4, -0.2) is 19.6 Å². The lowest BCUT2D eigenvalue weighted by atomic mass is 9.96. The topological polar surface area (TPSA) is 47.6 Å². The molecule has 2 aromatic carbocycles. The highest BCUT2D eigenvalue weighted by Crippen LogP contribution is 2.30. The molecule has 2 rings (SSSR count). The summed E-state index contributed by atoms with van der Waals surface area (Å²) in [5, 5.41) is 2.99. The molecular formula is C21H23F2NO3. The molecule has 1 N–H and O–H groups in total. The number of hydrogen-bond donors (Lipinski definition) is 1. The summed E-state index contributed by atoms with van der Waals surface area (Å²) in [7, 11) is 1.36. The second-order valence-corrected chi connectivity index (χ2v) is 6.26. The maximum absolute atomic E-state index is 12.4. The van der Waals surface area contributed by atoms with Crippen molar-refractivity contribution in [1.82, 2.24) is 5.32 Å². The lowest BCUT2D eigenvalue weighted by Crippen LogP contribution is -2.30. The third-order valence-corrected chi connectivity index (χ3v) is 3.95. The molecule has 0 spiro atoms. The standard InChI is InChI=1S/C21H23F2NO3/c1-14(2)20(16-7-5-4-6-8-16)24-19(25)12-10-15-9-11-17(27-21(22)23)18(13-15)26-3/h4-14,20-21H,1-3H3,(H,24,25)/b12-10+/t20-/m1/s1. The van der Waals surface area contributed by atoms with Gasteiger partial charge < -0.3 is 14.8 Å². The van der Waals surface area contributed by atoms with Crippen molar-refractivity contribution in [3.8, 4) is 11.5 Å². The summed E-state index contributed by atoms with van der Waals surface area (Å²) < 4.78 is 34.2. The van der Waals surface area contributed by atoms with Crippen LogP contribution in [0.4, 0.5) is 8.78 Å². The predicted molar refractivity (Wildman–Crippen MR) is 101 cm³/mol. The number of rotatable bonds is 8. The van der Waals surface area contributed by atoms with Crippen LogP contribution in [0, 0.1) is 5.92 Å². The summed E-state index contributed by atoms with van der Waals surface area (Å²) in [4.78, 5) is 12.3. The van der Waals surface area contributed by atoms with Crippen molar-refractivity contribution >= 4 is 12.0 Å². The Morgan fingerprint density at radius 2 is 1.78 bits per heavy atom. The van der Waals surface area contributed by atoms with E-state index in [2.05, 4.69) is 10.1 Å². The van der Waals surface area contributed by atoms with E-state index in [1.807, 2.05) is 44.2 Å². The van der Waals surface area contributed by atoms with Gasteiger partial charge in [-0.3, -0.25) is 4.79 Å². The number of halogens is 2. The van der Waals surface area contributed by atoms with Gasteiger partial charge in [0.25, 0.3) is 0 Å². The third kappa shape index (κ3) is 6.09. The molecule has 27 heavy (non-hydrogen) atoms. The molecule has 0 aliphatic carbocycles. The van der Waals surface area contributed by atoms with Gasteiger partial charge in [-0.05, 0) is 35.3 Å². The van der Waals surface area contributed by atoms with Crippen LogP contribution >= 0.6 is 0 Å². The Bertz CT molecular complexity index is 776. The number of amides is 1. The SMILES string of the molecule is COc1cc(/C=C/C(=O)N[C@@H](c2ccccc2)C(C)C)ccc1OC(F)F. The first-order valence-electron chi connectivity index (χ1n) is 8.57. The van der Waals surface area contributed by atoms with Crippen molar-refractivity contribution < 1.29 is 23.0 Å². The first-order chi connectivity index (χ1) is 12.9. The number of methoxy groups -OCH3 is 1. The quantitative estimate of drug-likeness (QED) is 0.673. The van der Waals surface area contributed by atoms with Gasteiger partial charge in [0, 0.05) is 6.08 Å². The van der Waals surface area contributed by atoms with Crippen LogP contribution in [-0.2, 0) is 4.79 Å². The van der Waals surface area contributed by atoms with Crippen LogP contribution in [0.3, 0.4) is 0 Å². The minimum Gasteiger partial charge on any atom is -0.493 e. The molecule has 1 amide bonds. The molecule has 0 saturated heterocycles. The van der Waals surface area contributed by atoms with Gasteiger partial charge in [-0.25, -0.2) is 0 Å². The second kappa shape index (κ2) is 9.71. The smallest absolute Gasteiger partial charge is 0.387 e. The fraction of sp³-hybridized carbons (Fsp3) is 0.286. The average Bonchev–Trinajstić information content (AvgIpc) is 2.65. The number of alkyl halides is 2. The van der Waals surface area contributed by atoms with E-state index in [9.17, 15) is 13.6 Å². The van der Waals surface area contributed by atoms with E-state index in [0.717, 1.165) is 5.56 Å². The highest BCUT2D eigenvalue weighted by molar-refractivity contribution is 5.92. The molecule has 1 atom stereocenters. The van der Waals surface area contributed by atoms with E-state index in [1.165, 1.54) is 25.3 Å². The van der Waals surface area contributed by atoms with Gasteiger partial charge in [0.2, 0.25) is 5.91 Å². The Hall–Kier alpha value is -2.89. The van der Waals surface area contributed by atoms with E-state index < -0.39 is 6.61 Å². The van der Waals surface area contributed by atoms with E-state index >= 15 is 0 Å². The molecule has 0 heterocycles. The first kappa shape index (κ1) is 20.4. The number of hydrogen-bond acceptors (Lipinski definition) is 3. The minimum atomic E-state index is -2.93. The molecule has 2 aromatic rings. The van der Waals surface area contributed by atoms with Gasteiger partial charge in [0.05, 0.1) is 13.2 Å². The van der Waals surface area contributed by atoms with Crippen molar-refractivity contribution in [2.75, 3.05) is 7.11 Å². The van der Waals surface area contributed by atoms with Crippen LogP contribution < -0.4 is 14.8 Å². The Kier molecular flexibility index (Phi) is 7.34. The molecule has 0 radical (unpaired) electrons. The zero-order valence-corrected chi connectivity index (χ0v) is 15.5. The predicted octanol–water partition coefficient (Wildman–Crippen LogP) is 4.82. The molecule has 144 valence electrons. The van der Waals surface area contributed by atoms with Crippen molar-refractivity contribution in [2.45, 2.75) is 26.5 Å². The van der Waals surface area contributed by atoms with Gasteiger partial charge in [0.1, 0.15) is 0 Å². The molecule has 6 heteroatoms. The lowest BCUT2D eigenvalue weighted by molar-refractivity contribution is -0.117. The Morgan fingerprint density at radius 3 is 2.37 bits per heavy atom. The van der Waals surface area contributed by atoms with Crippen molar-refractivity contribution in [3.05, 3.63) is 65.7 Å². The fourth-order valence-electron chi connectivity index (χ4n) is 2.65. The average molecular weight is 375 g/mol. The maximum Gasteiger partial charge on any atom is 0.387 e. The Balaban J connectivity index is 2.09. The molecule has 0 fully saturated rings. The number of nitrogens with one attached hydrogen (secondary N) is 1. The number of benzene rings is 2. The number of carbonyl (C=O) groups is 1. The van der Waals surface area contributed by atoms with E-state index in [0.29, 0.717) is 5.56 Å². The summed E-state index contributed by atoms with van der Waals surface area (Å²) >= 11 is 0. The zero-order chi connectivity index (χ0) is 19.8. The third-order valence-electron chi connectivity index (χ3n) is 3.95. The van der Waals surface area contributed by atoms with E-state index in [4.69, 9.17) is 4.74 Å². The second-order valence-electron chi connectivity index (χ2n) is 6.26. The minimum absolute atomic E-state index is 0.0574. The molecule has 0 unspecified atom stereocenters. The first-order valence-corrected chi connectivity index (χ1v) is 8.57. The van der Waals surface area contributed by atoms with Gasteiger partial charge in [-0.1, -0.05) is 50.2 Å². The van der Waals surface area contributed by atoms with Crippen molar-refractivity contribution in [3.63, 3.8) is 0 Å². The van der Waals surface area contributed by atoms with E-state index in [1.54, 1.807) is 12.1 Å². The van der Waals surface area contributed by atoms with Crippen LogP contribution in [0.1, 0.15) is 31.0 Å². The summed E-state index contributed by atoms with van der Waals surface area (Å²) in [6.45, 7) is 1.14. The summed E-state index contributed by atoms with van der Waals surface area (Å²) in [5.41, 5.74) is 1.66. The van der Waals surface area contributed by atoms with Crippen LogP contribution in [0.5, 0.6) is 11.5 Å². The summed E-state index contributed by atoms with van der Waals surface area (Å²) in [6, 6.07) is 14.1. The highest BCUT2D eigenvalue weighted by atomic mass is 19.3. The monoisotopic (exact) mass is 375 g/mol. The highest BCUT2D eigenvalue weighted by Gasteiger charge is 2.17. The molecule has 0 aliphatic heterocycles. The maximum atomic E-state index is 12.4. The molecule has 0 bridgehead atoms. The van der Waals surface area contributed by atoms with Crippen molar-refractivity contribution in [1.29, 1.82) is 0 Å². The lowest BCUT2D eigenvalue weighted by Gasteiger charge is -2.22. The normalized spacial score (nSPS) is 12.4. The fourth-order valence-corrected chi connectivity index (χ4v) is 2.65. The van der Waals surface area contributed by atoms with Gasteiger partial charge in [-0.15, -0.1) is 0 Å². The van der Waals surface area contributed by atoms with Gasteiger partial charge in [0.15, 0.2) is 11.5 Å². The van der Waals surface area contributed by atoms with Crippen LogP contribution in [0.25, 0.3) is 6.08 Å². The Morgan fingerprint density at radius 1 is 1.07 bits per heavy atom. The largest absolute Gasteiger partial charge is 0.493 e. The number of ether oxygens (including phenoxy) is 2. The molecular weight excluding hydrogens is 352 g/mol. The Labute approximate surface area is 157 Å². The zero-order valence-electron chi connectivity index (χ0n) is 15.5. The van der Waals surface area contributed by atoms with Gasteiger partial charge >= 0.3 is 6.61 Å². The molecule has 0 saturated carbocycles.